The molecule has 1 rings (SSSR count). The molecule has 1 aliphatic heterocycles. The number of rotatable bonds is 1. The van der Waals surface area contributed by atoms with Crippen LogP contribution in [0.25, 0.3) is 0 Å². The first-order valence-electron chi connectivity index (χ1n) is 4.65. The van der Waals surface area contributed by atoms with E-state index >= 15 is 0 Å². The average Bonchev–Trinajstić information content (AvgIpc) is 2.18. The number of piperidine rings is 1. The lowest BCUT2D eigenvalue weighted by atomic mass is 9.64. The number of carbonyl (C=O) groups excluding carboxylic acids is 2. The quantitative estimate of drug-likeness (QED) is 0.624. The zero-order valence-corrected chi connectivity index (χ0v) is 8.57. The molecule has 0 radical (unpaired) electrons. The van der Waals surface area contributed by atoms with Crippen LogP contribution in [0.4, 0.5) is 0 Å². The minimum atomic E-state index is -0.940. The summed E-state index contributed by atoms with van der Waals surface area (Å²) in [6.07, 6.45) is 0.433. The maximum Gasteiger partial charge on any atom is 0.244 e. The molecule has 15 heavy (non-hydrogen) atoms. The van der Waals surface area contributed by atoms with Gasteiger partial charge in [0.1, 0.15) is 11.8 Å². The minimum Gasteiger partial charge on any atom is -0.294 e. The fourth-order valence-electron chi connectivity index (χ4n) is 1.85. The van der Waals surface area contributed by atoms with Gasteiger partial charge in [0, 0.05) is 5.41 Å². The number of nitriles is 2. The van der Waals surface area contributed by atoms with Crippen LogP contribution in [0.2, 0.25) is 0 Å². The molecule has 0 aromatic carbocycles. The van der Waals surface area contributed by atoms with Crippen molar-refractivity contribution in [3.63, 3.8) is 0 Å². The van der Waals surface area contributed by atoms with Gasteiger partial charge in [-0.3, -0.25) is 14.9 Å². The summed E-state index contributed by atoms with van der Waals surface area (Å²) in [4.78, 5) is 22.8. The third-order valence-corrected chi connectivity index (χ3v) is 3.11. The van der Waals surface area contributed by atoms with Crippen LogP contribution in [0.5, 0.6) is 0 Å². The number of imide groups is 1. The minimum absolute atomic E-state index is 0.433. The molecular weight excluding hydrogens is 194 g/mol. The average molecular weight is 205 g/mol. The van der Waals surface area contributed by atoms with Crippen molar-refractivity contribution in [2.24, 2.45) is 17.3 Å². The highest BCUT2D eigenvalue weighted by Gasteiger charge is 2.52. The highest BCUT2D eigenvalue weighted by molar-refractivity contribution is 6.03. The first-order chi connectivity index (χ1) is 7.01. The smallest absolute Gasteiger partial charge is 0.244 e. The Labute approximate surface area is 87.7 Å². The van der Waals surface area contributed by atoms with Crippen molar-refractivity contribution in [1.29, 1.82) is 10.5 Å². The molecule has 1 aliphatic rings. The van der Waals surface area contributed by atoms with E-state index in [0.717, 1.165) is 0 Å². The molecule has 2 amide bonds. The number of nitrogens with zero attached hydrogens (tertiary/aromatic N) is 2. The Morgan fingerprint density at radius 1 is 1.27 bits per heavy atom. The number of hydrogen-bond donors (Lipinski definition) is 1. The lowest BCUT2D eigenvalue weighted by molar-refractivity contribution is -0.144. The normalized spacial score (nSPS) is 35.2. The van der Waals surface area contributed by atoms with Crippen LogP contribution in [0, 0.1) is 39.9 Å². The Morgan fingerprint density at radius 2 is 1.67 bits per heavy atom. The van der Waals surface area contributed by atoms with Crippen LogP contribution in [0.3, 0.4) is 0 Å². The van der Waals surface area contributed by atoms with Gasteiger partial charge in [-0.25, -0.2) is 0 Å². The molecule has 0 spiro atoms. The van der Waals surface area contributed by atoms with E-state index in [0.29, 0.717) is 6.42 Å². The molecule has 5 heteroatoms. The van der Waals surface area contributed by atoms with E-state index in [9.17, 15) is 9.59 Å². The van der Waals surface area contributed by atoms with Gasteiger partial charge in [0.25, 0.3) is 0 Å². The Bertz CT molecular complexity index is 356. The van der Waals surface area contributed by atoms with E-state index in [1.54, 1.807) is 13.8 Å². The first kappa shape index (κ1) is 11.2. The topological polar surface area (TPSA) is 93.8 Å². The van der Waals surface area contributed by atoms with Crippen molar-refractivity contribution in [1.82, 2.24) is 5.32 Å². The lowest BCUT2D eigenvalue weighted by Gasteiger charge is -2.38. The molecular formula is C10H11N3O2. The lowest BCUT2D eigenvalue weighted by Crippen LogP contribution is -2.56. The fraction of sp³-hybridized carbons (Fsp3) is 0.600. The molecule has 2 unspecified atom stereocenters. The van der Waals surface area contributed by atoms with Crippen molar-refractivity contribution in [2.75, 3.05) is 0 Å². The van der Waals surface area contributed by atoms with Gasteiger partial charge in [-0.2, -0.15) is 10.5 Å². The predicted molar refractivity (Wildman–Crippen MR) is 49.8 cm³/mol. The van der Waals surface area contributed by atoms with Gasteiger partial charge in [0.15, 0.2) is 0 Å². The maximum absolute atomic E-state index is 11.4. The third kappa shape index (κ3) is 1.46. The number of nitrogens with one attached hydrogen (secondary N) is 1. The van der Waals surface area contributed by atoms with Crippen LogP contribution in [0.1, 0.15) is 20.3 Å². The second-order valence-corrected chi connectivity index (χ2v) is 3.84. The maximum atomic E-state index is 11.4. The molecule has 78 valence electrons. The highest BCUT2D eigenvalue weighted by atomic mass is 16.2. The summed E-state index contributed by atoms with van der Waals surface area (Å²) in [7, 11) is 0. The van der Waals surface area contributed by atoms with E-state index < -0.39 is 29.1 Å². The molecule has 0 saturated carbocycles. The SMILES string of the molecule is CCC1(C)C(C#N)C(=O)NC(=O)C1C#N. The summed E-state index contributed by atoms with van der Waals surface area (Å²) in [6, 6.07) is 3.73. The van der Waals surface area contributed by atoms with Crippen LogP contribution in [-0.4, -0.2) is 11.8 Å². The van der Waals surface area contributed by atoms with Gasteiger partial charge < -0.3 is 0 Å². The number of amides is 2. The molecule has 1 heterocycles. The summed E-state index contributed by atoms with van der Waals surface area (Å²) >= 11 is 0. The largest absolute Gasteiger partial charge is 0.294 e. The van der Waals surface area contributed by atoms with Crippen molar-refractivity contribution in [3.05, 3.63) is 0 Å². The van der Waals surface area contributed by atoms with Crippen molar-refractivity contribution in [2.45, 2.75) is 20.3 Å². The van der Waals surface area contributed by atoms with Gasteiger partial charge in [-0.15, -0.1) is 0 Å². The van der Waals surface area contributed by atoms with Crippen LogP contribution >= 0.6 is 0 Å². The van der Waals surface area contributed by atoms with Gasteiger partial charge in [0.05, 0.1) is 12.1 Å². The van der Waals surface area contributed by atoms with E-state index in [2.05, 4.69) is 0 Å². The summed E-state index contributed by atoms with van der Waals surface area (Å²) < 4.78 is 0. The van der Waals surface area contributed by atoms with E-state index in [1.807, 2.05) is 17.5 Å². The van der Waals surface area contributed by atoms with Gasteiger partial charge in [0.2, 0.25) is 11.8 Å². The van der Waals surface area contributed by atoms with Crippen molar-refractivity contribution >= 4 is 11.8 Å². The van der Waals surface area contributed by atoms with Gasteiger partial charge in [-0.05, 0) is 6.42 Å². The second-order valence-electron chi connectivity index (χ2n) is 3.84. The summed E-state index contributed by atoms with van der Waals surface area (Å²) in [6.45, 7) is 3.39. The van der Waals surface area contributed by atoms with Crippen molar-refractivity contribution in [3.8, 4) is 12.1 Å². The molecule has 5 nitrogen and oxygen atoms in total. The summed E-state index contributed by atoms with van der Waals surface area (Å²) in [5, 5.41) is 19.8. The van der Waals surface area contributed by atoms with Crippen LogP contribution in [-0.2, 0) is 9.59 Å². The Kier molecular flexibility index (Phi) is 2.76. The molecule has 0 bridgehead atoms. The van der Waals surface area contributed by atoms with Crippen molar-refractivity contribution < 1.29 is 9.59 Å². The monoisotopic (exact) mass is 205 g/mol. The second kappa shape index (κ2) is 3.70. The summed E-state index contributed by atoms with van der Waals surface area (Å²) in [5.41, 5.74) is -0.886. The summed E-state index contributed by atoms with van der Waals surface area (Å²) in [5.74, 6) is -3.08. The fourth-order valence-corrected chi connectivity index (χ4v) is 1.85. The molecule has 0 aromatic rings. The molecule has 0 aromatic heterocycles. The zero-order valence-electron chi connectivity index (χ0n) is 8.57. The third-order valence-electron chi connectivity index (χ3n) is 3.11. The Morgan fingerprint density at radius 3 is 1.93 bits per heavy atom. The van der Waals surface area contributed by atoms with E-state index in [-0.39, 0.29) is 0 Å². The van der Waals surface area contributed by atoms with E-state index in [4.69, 9.17) is 10.5 Å². The molecule has 2 atom stereocenters. The zero-order chi connectivity index (χ0) is 11.6. The molecule has 0 aliphatic carbocycles. The van der Waals surface area contributed by atoms with Crippen LogP contribution in [0.15, 0.2) is 0 Å². The highest BCUT2D eigenvalue weighted by Crippen LogP contribution is 2.41. The van der Waals surface area contributed by atoms with E-state index in [1.165, 1.54) is 0 Å². The van der Waals surface area contributed by atoms with Gasteiger partial charge >= 0.3 is 0 Å². The first-order valence-corrected chi connectivity index (χ1v) is 4.65. The standard InChI is InChI=1S/C10H11N3O2/c1-3-10(2)6(4-11)8(14)13-9(15)7(10)5-12/h6-7H,3H2,1-2H3,(H,13,14,15). The molecule has 1 saturated heterocycles. The van der Waals surface area contributed by atoms with Gasteiger partial charge in [-0.1, -0.05) is 13.8 Å². The molecule has 1 fully saturated rings. The Balaban J connectivity index is 3.23. The predicted octanol–water partition coefficient (Wildman–Crippen LogP) is 0.339. The number of carbonyl (C=O) groups is 2. The number of hydrogen-bond acceptors (Lipinski definition) is 4. The molecule has 1 N–H and O–H groups in total. The van der Waals surface area contributed by atoms with Crippen LogP contribution < -0.4 is 5.32 Å². The Hall–Kier alpha value is -1.88.